The Kier molecular flexibility index (Phi) is 5.50. The lowest BCUT2D eigenvalue weighted by atomic mass is 10.1. The first-order valence-electron chi connectivity index (χ1n) is 10.9. The molecular formula is C27H18F5N3O. The van der Waals surface area contributed by atoms with Crippen LogP contribution in [0.1, 0.15) is 23.9 Å². The Balaban J connectivity index is 1.56. The summed E-state index contributed by atoms with van der Waals surface area (Å²) < 4.78 is 71.5. The summed E-state index contributed by atoms with van der Waals surface area (Å²) in [5.74, 6) is -11.9. The minimum atomic E-state index is -2.31. The smallest absolute Gasteiger partial charge is 0.280 e. The van der Waals surface area contributed by atoms with E-state index >= 15 is 0 Å². The van der Waals surface area contributed by atoms with Crippen molar-refractivity contribution in [3.8, 4) is 5.69 Å². The number of hydrogen-bond acceptors (Lipinski definition) is 2. The molecule has 4 nitrogen and oxygen atoms in total. The fourth-order valence-corrected chi connectivity index (χ4v) is 4.42. The zero-order valence-electron chi connectivity index (χ0n) is 19.3. The molecule has 9 heteroatoms. The number of fused-ring (bicyclic) bond motifs is 1. The maximum Gasteiger partial charge on any atom is 0.280 e. The summed E-state index contributed by atoms with van der Waals surface area (Å²) in [4.78, 5) is 13.0. The summed E-state index contributed by atoms with van der Waals surface area (Å²) in [7, 11) is 0. The normalized spacial score (nSPS) is 14.9. The van der Waals surface area contributed by atoms with E-state index in [0.29, 0.717) is 5.56 Å². The molecule has 182 valence electrons. The van der Waals surface area contributed by atoms with Crippen molar-refractivity contribution in [3.63, 3.8) is 0 Å². The standard InChI is InChI=1S/C27H18F5N3O/c1-13-10-18(15(3)34(13)19-9-8-16-6-4-5-7-17(16)11-19)12-20-14(2)33-35(27(20)36)26-24(31)22(29)21(28)23(30)25(26)32/h4-12H,1-3H3/b20-12+. The highest BCUT2D eigenvalue weighted by Gasteiger charge is 2.37. The summed E-state index contributed by atoms with van der Waals surface area (Å²) >= 11 is 0. The van der Waals surface area contributed by atoms with E-state index in [4.69, 9.17) is 0 Å². The first-order chi connectivity index (χ1) is 17.1. The monoisotopic (exact) mass is 495 g/mol. The van der Waals surface area contributed by atoms with Gasteiger partial charge in [0.05, 0.1) is 11.3 Å². The van der Waals surface area contributed by atoms with Gasteiger partial charge in [0.15, 0.2) is 23.3 Å². The second-order valence-corrected chi connectivity index (χ2v) is 8.47. The van der Waals surface area contributed by atoms with Gasteiger partial charge in [-0.15, -0.1) is 0 Å². The molecule has 1 aliphatic rings. The van der Waals surface area contributed by atoms with Crippen molar-refractivity contribution < 1.29 is 26.7 Å². The third-order valence-electron chi connectivity index (χ3n) is 6.22. The Morgan fingerprint density at radius 3 is 2.06 bits per heavy atom. The van der Waals surface area contributed by atoms with Gasteiger partial charge in [0, 0.05) is 17.1 Å². The summed E-state index contributed by atoms with van der Waals surface area (Å²) in [6.45, 7) is 5.16. The second-order valence-electron chi connectivity index (χ2n) is 8.47. The number of aryl methyl sites for hydroxylation is 1. The van der Waals surface area contributed by atoms with E-state index < -0.39 is 40.7 Å². The van der Waals surface area contributed by atoms with Crippen LogP contribution in [0.25, 0.3) is 22.5 Å². The number of carbonyl (C=O) groups is 1. The van der Waals surface area contributed by atoms with Crippen LogP contribution in [0.5, 0.6) is 0 Å². The van der Waals surface area contributed by atoms with Gasteiger partial charge in [-0.3, -0.25) is 4.79 Å². The Hall–Kier alpha value is -4.27. The van der Waals surface area contributed by atoms with Crippen LogP contribution in [0, 0.1) is 42.9 Å². The van der Waals surface area contributed by atoms with E-state index in [9.17, 15) is 26.7 Å². The molecule has 1 aromatic heterocycles. The van der Waals surface area contributed by atoms with Crippen molar-refractivity contribution in [1.29, 1.82) is 0 Å². The number of anilines is 1. The number of hydrogen-bond donors (Lipinski definition) is 0. The molecule has 1 amide bonds. The average molecular weight is 495 g/mol. The fourth-order valence-electron chi connectivity index (χ4n) is 4.42. The molecule has 36 heavy (non-hydrogen) atoms. The predicted molar refractivity (Wildman–Crippen MR) is 128 cm³/mol. The molecular weight excluding hydrogens is 477 g/mol. The topological polar surface area (TPSA) is 37.6 Å². The molecule has 0 saturated carbocycles. The van der Waals surface area contributed by atoms with Gasteiger partial charge < -0.3 is 4.57 Å². The van der Waals surface area contributed by atoms with Crippen molar-refractivity contribution >= 4 is 34.2 Å². The number of hydrazone groups is 1. The van der Waals surface area contributed by atoms with Gasteiger partial charge >= 0.3 is 0 Å². The van der Waals surface area contributed by atoms with Gasteiger partial charge in [-0.25, -0.2) is 22.0 Å². The molecule has 0 radical (unpaired) electrons. The van der Waals surface area contributed by atoms with E-state index in [1.165, 1.54) is 13.0 Å². The number of benzene rings is 3. The van der Waals surface area contributed by atoms with Gasteiger partial charge in [0.2, 0.25) is 5.82 Å². The quantitative estimate of drug-likeness (QED) is 0.134. The molecule has 0 saturated heterocycles. The maximum atomic E-state index is 14.3. The van der Waals surface area contributed by atoms with Gasteiger partial charge in [-0.05, 0) is 61.4 Å². The first-order valence-corrected chi connectivity index (χ1v) is 10.9. The molecule has 0 unspecified atom stereocenters. The molecule has 2 heterocycles. The average Bonchev–Trinajstić information content (AvgIpc) is 3.30. The lowest BCUT2D eigenvalue weighted by Crippen LogP contribution is -2.25. The van der Waals surface area contributed by atoms with Crippen molar-refractivity contribution in [2.45, 2.75) is 20.8 Å². The number of aromatic nitrogens is 1. The minimum absolute atomic E-state index is 0.0299. The van der Waals surface area contributed by atoms with Crippen molar-refractivity contribution in [2.75, 3.05) is 5.01 Å². The molecule has 3 aromatic carbocycles. The van der Waals surface area contributed by atoms with Crippen LogP contribution in [-0.2, 0) is 4.79 Å². The highest BCUT2D eigenvalue weighted by Crippen LogP contribution is 2.34. The summed E-state index contributed by atoms with van der Waals surface area (Å²) in [6.07, 6.45) is 1.49. The largest absolute Gasteiger partial charge is 0.318 e. The van der Waals surface area contributed by atoms with Crippen LogP contribution in [0.4, 0.5) is 27.6 Å². The Labute approximate surface area is 202 Å². The third kappa shape index (κ3) is 3.50. The van der Waals surface area contributed by atoms with Crippen LogP contribution in [-0.4, -0.2) is 16.2 Å². The number of nitrogens with zero attached hydrogens (tertiary/aromatic N) is 3. The van der Waals surface area contributed by atoms with Gasteiger partial charge in [-0.1, -0.05) is 30.3 Å². The molecule has 1 aliphatic heterocycles. The fraction of sp³-hybridized carbons (Fsp3) is 0.111. The van der Waals surface area contributed by atoms with Gasteiger partial charge in [0.25, 0.3) is 5.91 Å². The molecule has 0 aliphatic carbocycles. The Bertz CT molecular complexity index is 1620. The second kappa shape index (κ2) is 8.44. The number of carbonyl (C=O) groups excluding carboxylic acids is 1. The van der Waals surface area contributed by atoms with Gasteiger partial charge in [0.1, 0.15) is 5.69 Å². The summed E-state index contributed by atoms with van der Waals surface area (Å²) in [5.41, 5.74) is 1.81. The molecule has 0 fully saturated rings. The number of halogens is 5. The van der Waals surface area contributed by atoms with E-state index in [1.807, 2.05) is 66.9 Å². The molecule has 0 N–H and O–H groups in total. The zero-order chi connectivity index (χ0) is 25.9. The number of amides is 1. The molecule has 0 spiro atoms. The molecule has 4 aromatic rings. The highest BCUT2D eigenvalue weighted by atomic mass is 19.2. The molecule has 0 atom stereocenters. The summed E-state index contributed by atoms with van der Waals surface area (Å²) in [6, 6.07) is 15.7. The van der Waals surface area contributed by atoms with Crippen LogP contribution < -0.4 is 5.01 Å². The SMILES string of the molecule is CC1=NN(c2c(F)c(F)c(F)c(F)c2F)C(=O)/C1=C/c1cc(C)n(-c2ccc3ccccc3c2)c1C. The van der Waals surface area contributed by atoms with E-state index in [1.54, 1.807) is 0 Å². The van der Waals surface area contributed by atoms with Crippen molar-refractivity contribution in [2.24, 2.45) is 5.10 Å². The first kappa shape index (κ1) is 23.5. The minimum Gasteiger partial charge on any atom is -0.318 e. The zero-order valence-corrected chi connectivity index (χ0v) is 19.3. The third-order valence-corrected chi connectivity index (χ3v) is 6.22. The lowest BCUT2D eigenvalue weighted by molar-refractivity contribution is -0.114. The van der Waals surface area contributed by atoms with Crippen molar-refractivity contribution in [3.05, 3.63) is 100 Å². The van der Waals surface area contributed by atoms with Crippen LogP contribution in [0.15, 0.2) is 59.2 Å². The Morgan fingerprint density at radius 1 is 0.778 bits per heavy atom. The molecule has 5 rings (SSSR count). The molecule has 0 bridgehead atoms. The van der Waals surface area contributed by atoms with E-state index in [-0.39, 0.29) is 16.3 Å². The van der Waals surface area contributed by atoms with Crippen LogP contribution in [0.3, 0.4) is 0 Å². The maximum absolute atomic E-state index is 14.3. The predicted octanol–water partition coefficient (Wildman–Crippen LogP) is 6.75. The summed E-state index contributed by atoms with van der Waals surface area (Å²) in [5, 5.41) is 6.14. The lowest BCUT2D eigenvalue weighted by Gasteiger charge is -2.15. The van der Waals surface area contributed by atoms with Crippen LogP contribution >= 0.6 is 0 Å². The van der Waals surface area contributed by atoms with E-state index in [2.05, 4.69) is 5.10 Å². The van der Waals surface area contributed by atoms with Gasteiger partial charge in [-0.2, -0.15) is 10.1 Å². The number of rotatable bonds is 3. The highest BCUT2D eigenvalue weighted by molar-refractivity contribution is 6.32. The van der Waals surface area contributed by atoms with Crippen LogP contribution in [0.2, 0.25) is 0 Å². The Morgan fingerprint density at radius 2 is 1.39 bits per heavy atom. The van der Waals surface area contributed by atoms with Crippen molar-refractivity contribution in [1.82, 2.24) is 4.57 Å². The van der Waals surface area contributed by atoms with E-state index in [0.717, 1.165) is 27.8 Å².